The second kappa shape index (κ2) is 8.68. The number of rotatable bonds is 7. The molecular weight excluding hydrogens is 323 g/mol. The van der Waals surface area contributed by atoms with Crippen LogP contribution in [0.2, 0.25) is 0 Å². The lowest BCUT2D eigenvalue weighted by Gasteiger charge is -2.22. The third kappa shape index (κ3) is 6.57. The number of amides is 2. The summed E-state index contributed by atoms with van der Waals surface area (Å²) in [7, 11) is 0. The van der Waals surface area contributed by atoms with E-state index in [4.69, 9.17) is 5.73 Å². The molecular formula is C16H22F3N3O2. The van der Waals surface area contributed by atoms with Gasteiger partial charge in [0.15, 0.2) is 0 Å². The van der Waals surface area contributed by atoms with E-state index in [-0.39, 0.29) is 19.0 Å². The number of nitrogens with one attached hydrogen (secondary N) is 2. The fourth-order valence-corrected chi connectivity index (χ4v) is 2.18. The highest BCUT2D eigenvalue weighted by atomic mass is 19.4. The molecule has 0 fully saturated rings. The van der Waals surface area contributed by atoms with Crippen LogP contribution in [0.4, 0.5) is 13.2 Å². The molecule has 0 radical (unpaired) electrons. The lowest BCUT2D eigenvalue weighted by Crippen LogP contribution is -2.41. The largest absolute Gasteiger partial charge is 0.416 e. The standard InChI is InChI=1S/C16H22F3N3O2/c1-10(2)6-13(22-15(24)9-21-14(23)8-20)11-4-3-5-12(7-11)16(17,18)19/h3-5,7,10,13H,6,8-9,20H2,1-2H3,(H,21,23)(H,22,24). The third-order valence-electron chi connectivity index (χ3n) is 3.29. The second-order valence-electron chi connectivity index (χ2n) is 5.85. The van der Waals surface area contributed by atoms with E-state index in [9.17, 15) is 22.8 Å². The maximum absolute atomic E-state index is 12.9. The molecule has 4 N–H and O–H groups in total. The highest BCUT2D eigenvalue weighted by molar-refractivity contribution is 5.85. The Hall–Kier alpha value is -2.09. The van der Waals surface area contributed by atoms with Crippen molar-refractivity contribution in [1.82, 2.24) is 10.6 Å². The van der Waals surface area contributed by atoms with Crippen LogP contribution >= 0.6 is 0 Å². The molecule has 1 unspecified atom stereocenters. The molecule has 134 valence electrons. The molecule has 1 atom stereocenters. The minimum Gasteiger partial charge on any atom is -0.348 e. The van der Waals surface area contributed by atoms with Crippen LogP contribution in [0.25, 0.3) is 0 Å². The van der Waals surface area contributed by atoms with Gasteiger partial charge in [0.1, 0.15) is 0 Å². The van der Waals surface area contributed by atoms with Crippen molar-refractivity contribution in [1.29, 1.82) is 0 Å². The summed E-state index contributed by atoms with van der Waals surface area (Å²) >= 11 is 0. The zero-order valence-electron chi connectivity index (χ0n) is 13.6. The predicted octanol–water partition coefficient (Wildman–Crippen LogP) is 1.98. The Bertz CT molecular complexity index is 574. The average Bonchev–Trinajstić information content (AvgIpc) is 2.50. The molecule has 0 heterocycles. The van der Waals surface area contributed by atoms with Gasteiger partial charge in [0.25, 0.3) is 0 Å². The van der Waals surface area contributed by atoms with Crippen molar-refractivity contribution in [3.8, 4) is 0 Å². The van der Waals surface area contributed by atoms with E-state index < -0.39 is 29.6 Å². The summed E-state index contributed by atoms with van der Waals surface area (Å²) in [5.41, 5.74) is 4.73. The van der Waals surface area contributed by atoms with Gasteiger partial charge in [-0.1, -0.05) is 26.0 Å². The van der Waals surface area contributed by atoms with E-state index in [1.165, 1.54) is 6.07 Å². The summed E-state index contributed by atoms with van der Waals surface area (Å²) < 4.78 is 38.6. The molecule has 0 saturated heterocycles. The number of hydrogen-bond donors (Lipinski definition) is 3. The lowest BCUT2D eigenvalue weighted by atomic mass is 9.95. The summed E-state index contributed by atoms with van der Waals surface area (Å²) in [6, 6.07) is 4.30. The van der Waals surface area contributed by atoms with Gasteiger partial charge in [-0.3, -0.25) is 9.59 Å². The molecule has 0 saturated carbocycles. The zero-order chi connectivity index (χ0) is 18.3. The normalized spacial score (nSPS) is 12.8. The van der Waals surface area contributed by atoms with E-state index in [1.807, 2.05) is 13.8 Å². The van der Waals surface area contributed by atoms with Gasteiger partial charge < -0.3 is 16.4 Å². The first-order chi connectivity index (χ1) is 11.1. The minimum absolute atomic E-state index is 0.156. The van der Waals surface area contributed by atoms with Crippen LogP contribution < -0.4 is 16.4 Å². The number of benzene rings is 1. The van der Waals surface area contributed by atoms with Gasteiger partial charge in [-0.05, 0) is 30.0 Å². The molecule has 0 aromatic heterocycles. The molecule has 5 nitrogen and oxygen atoms in total. The fraction of sp³-hybridized carbons (Fsp3) is 0.500. The topological polar surface area (TPSA) is 84.2 Å². The summed E-state index contributed by atoms with van der Waals surface area (Å²) in [5, 5.41) is 4.98. The Morgan fingerprint density at radius 2 is 1.88 bits per heavy atom. The molecule has 1 aromatic rings. The van der Waals surface area contributed by atoms with Crippen LogP contribution in [0.3, 0.4) is 0 Å². The van der Waals surface area contributed by atoms with Gasteiger partial charge in [-0.15, -0.1) is 0 Å². The molecule has 0 bridgehead atoms. The van der Waals surface area contributed by atoms with Crippen LogP contribution in [0, 0.1) is 5.92 Å². The van der Waals surface area contributed by atoms with Crippen molar-refractivity contribution in [2.45, 2.75) is 32.5 Å². The molecule has 8 heteroatoms. The third-order valence-corrected chi connectivity index (χ3v) is 3.29. The van der Waals surface area contributed by atoms with Gasteiger partial charge in [-0.25, -0.2) is 0 Å². The lowest BCUT2D eigenvalue weighted by molar-refractivity contribution is -0.137. The van der Waals surface area contributed by atoms with Crippen molar-refractivity contribution >= 4 is 11.8 Å². The summed E-state index contributed by atoms with van der Waals surface area (Å²) in [6.45, 7) is 3.30. The summed E-state index contributed by atoms with van der Waals surface area (Å²) in [5.74, 6) is -0.812. The van der Waals surface area contributed by atoms with Crippen LogP contribution in [-0.2, 0) is 15.8 Å². The van der Waals surface area contributed by atoms with Crippen LogP contribution in [0.15, 0.2) is 24.3 Å². The number of halogens is 3. The van der Waals surface area contributed by atoms with Gasteiger partial charge in [-0.2, -0.15) is 13.2 Å². The number of alkyl halides is 3. The smallest absolute Gasteiger partial charge is 0.348 e. The van der Waals surface area contributed by atoms with Crippen LogP contribution in [0.1, 0.15) is 37.4 Å². The Labute approximate surface area is 138 Å². The first-order valence-electron chi connectivity index (χ1n) is 7.56. The Kier molecular flexibility index (Phi) is 7.21. The SMILES string of the molecule is CC(C)CC(NC(=O)CNC(=O)CN)c1cccc(C(F)(F)F)c1. The average molecular weight is 345 g/mol. The van der Waals surface area contributed by atoms with Crippen molar-refractivity contribution in [3.05, 3.63) is 35.4 Å². The first kappa shape index (κ1) is 20.0. The van der Waals surface area contributed by atoms with Gasteiger partial charge in [0.2, 0.25) is 11.8 Å². The van der Waals surface area contributed by atoms with E-state index in [0.29, 0.717) is 12.0 Å². The molecule has 1 rings (SSSR count). The highest BCUT2D eigenvalue weighted by Gasteiger charge is 2.31. The van der Waals surface area contributed by atoms with Gasteiger partial charge in [0, 0.05) is 0 Å². The predicted molar refractivity (Wildman–Crippen MR) is 83.8 cm³/mol. The minimum atomic E-state index is -4.45. The first-order valence-corrected chi connectivity index (χ1v) is 7.56. The number of carbonyl (C=O) groups excluding carboxylic acids is 2. The van der Waals surface area contributed by atoms with E-state index in [2.05, 4.69) is 10.6 Å². The Morgan fingerprint density at radius 1 is 1.21 bits per heavy atom. The maximum atomic E-state index is 12.9. The Balaban J connectivity index is 2.89. The fourth-order valence-electron chi connectivity index (χ4n) is 2.18. The quantitative estimate of drug-likeness (QED) is 0.706. The molecule has 0 aliphatic carbocycles. The molecule has 24 heavy (non-hydrogen) atoms. The second-order valence-corrected chi connectivity index (χ2v) is 5.85. The monoisotopic (exact) mass is 345 g/mol. The van der Waals surface area contributed by atoms with Crippen molar-refractivity contribution in [2.24, 2.45) is 11.7 Å². The van der Waals surface area contributed by atoms with Crippen molar-refractivity contribution in [2.75, 3.05) is 13.1 Å². The zero-order valence-corrected chi connectivity index (χ0v) is 13.6. The molecule has 1 aromatic carbocycles. The number of nitrogens with two attached hydrogens (primary N) is 1. The number of carbonyl (C=O) groups is 2. The Morgan fingerprint density at radius 3 is 2.42 bits per heavy atom. The molecule has 2 amide bonds. The maximum Gasteiger partial charge on any atom is 0.416 e. The van der Waals surface area contributed by atoms with E-state index in [0.717, 1.165) is 12.1 Å². The number of hydrogen-bond acceptors (Lipinski definition) is 3. The van der Waals surface area contributed by atoms with E-state index in [1.54, 1.807) is 6.07 Å². The summed E-state index contributed by atoms with van der Waals surface area (Å²) in [4.78, 5) is 23.0. The van der Waals surface area contributed by atoms with Crippen molar-refractivity contribution in [3.63, 3.8) is 0 Å². The van der Waals surface area contributed by atoms with Gasteiger partial charge in [0.05, 0.1) is 24.7 Å². The van der Waals surface area contributed by atoms with E-state index >= 15 is 0 Å². The van der Waals surface area contributed by atoms with Crippen molar-refractivity contribution < 1.29 is 22.8 Å². The van der Waals surface area contributed by atoms with Gasteiger partial charge >= 0.3 is 6.18 Å². The molecule has 0 spiro atoms. The van der Waals surface area contributed by atoms with Crippen LogP contribution in [-0.4, -0.2) is 24.9 Å². The molecule has 0 aliphatic heterocycles. The molecule has 0 aliphatic rings. The summed E-state index contributed by atoms with van der Waals surface area (Å²) in [6.07, 6.45) is -3.98. The van der Waals surface area contributed by atoms with Crippen LogP contribution in [0.5, 0.6) is 0 Å². The highest BCUT2D eigenvalue weighted by Crippen LogP contribution is 2.31.